The molecule has 2 N–H and O–H groups in total. The number of nitrogens with two attached hydrogens (primary N) is 1. The summed E-state index contributed by atoms with van der Waals surface area (Å²) in [4.78, 5) is 2.47. The third kappa shape index (κ3) is 2.92. The van der Waals surface area contributed by atoms with Gasteiger partial charge in [-0.2, -0.15) is 0 Å². The third-order valence-electron chi connectivity index (χ3n) is 4.05. The zero-order chi connectivity index (χ0) is 10.8. The second kappa shape index (κ2) is 4.81. The van der Waals surface area contributed by atoms with Gasteiger partial charge in [0, 0.05) is 31.2 Å². The minimum Gasteiger partial charge on any atom is -0.381 e. The van der Waals surface area contributed by atoms with Crippen LogP contribution in [0.1, 0.15) is 26.2 Å². The Balaban J connectivity index is 1.78. The fourth-order valence-electron chi connectivity index (χ4n) is 2.48. The summed E-state index contributed by atoms with van der Waals surface area (Å²) in [6.45, 7) is 5.13. The van der Waals surface area contributed by atoms with Gasteiger partial charge in [-0.3, -0.25) is 0 Å². The van der Waals surface area contributed by atoms with Crippen LogP contribution in [0, 0.1) is 11.8 Å². The molecule has 0 aromatic heterocycles. The normalized spacial score (nSPS) is 34.4. The van der Waals surface area contributed by atoms with Crippen LogP contribution in [0.3, 0.4) is 0 Å². The molecule has 3 heteroatoms. The highest BCUT2D eigenvalue weighted by Crippen LogP contribution is 2.35. The molecular weight excluding hydrogens is 188 g/mol. The lowest BCUT2D eigenvalue weighted by atomic mass is 9.95. The highest BCUT2D eigenvalue weighted by molar-refractivity contribution is 4.86. The maximum absolute atomic E-state index is 6.11. The summed E-state index contributed by atoms with van der Waals surface area (Å²) < 4.78 is 5.50. The fraction of sp³-hybridized carbons (Fsp3) is 1.00. The molecule has 3 unspecified atom stereocenters. The summed E-state index contributed by atoms with van der Waals surface area (Å²) in [5.41, 5.74) is 6.11. The predicted molar refractivity (Wildman–Crippen MR) is 61.7 cm³/mol. The molecule has 0 aromatic rings. The van der Waals surface area contributed by atoms with E-state index < -0.39 is 0 Å². The van der Waals surface area contributed by atoms with Crippen molar-refractivity contribution in [2.75, 3.05) is 26.8 Å². The Hall–Kier alpha value is -0.120. The fourth-order valence-corrected chi connectivity index (χ4v) is 2.48. The van der Waals surface area contributed by atoms with E-state index in [1.165, 1.54) is 12.8 Å². The summed E-state index contributed by atoms with van der Waals surface area (Å²) in [6.07, 6.45) is 3.85. The molecular formula is C12H24N2O. The summed E-state index contributed by atoms with van der Waals surface area (Å²) in [5.74, 6) is 1.47. The van der Waals surface area contributed by atoms with Gasteiger partial charge in [0.25, 0.3) is 0 Å². The monoisotopic (exact) mass is 212 g/mol. The van der Waals surface area contributed by atoms with E-state index in [1.807, 2.05) is 0 Å². The van der Waals surface area contributed by atoms with E-state index in [1.54, 1.807) is 0 Å². The van der Waals surface area contributed by atoms with Crippen LogP contribution in [0.2, 0.25) is 0 Å². The van der Waals surface area contributed by atoms with Crippen molar-refractivity contribution in [1.82, 2.24) is 4.90 Å². The Morgan fingerprint density at radius 2 is 2.13 bits per heavy atom. The topological polar surface area (TPSA) is 38.5 Å². The van der Waals surface area contributed by atoms with Crippen molar-refractivity contribution in [2.45, 2.75) is 38.3 Å². The van der Waals surface area contributed by atoms with E-state index in [0.29, 0.717) is 12.0 Å². The van der Waals surface area contributed by atoms with E-state index in [0.717, 1.165) is 38.1 Å². The molecule has 2 fully saturated rings. The lowest BCUT2D eigenvalue weighted by Crippen LogP contribution is -2.46. The summed E-state index contributed by atoms with van der Waals surface area (Å²) in [5, 5.41) is 0. The van der Waals surface area contributed by atoms with Crippen molar-refractivity contribution in [1.29, 1.82) is 0 Å². The second-order valence-corrected chi connectivity index (χ2v) is 5.31. The molecule has 0 aromatic carbocycles. The first-order valence-electron chi connectivity index (χ1n) is 6.22. The lowest BCUT2D eigenvalue weighted by molar-refractivity contribution is 0.0236. The van der Waals surface area contributed by atoms with Crippen molar-refractivity contribution in [3.05, 3.63) is 0 Å². The Labute approximate surface area is 93.0 Å². The Morgan fingerprint density at radius 1 is 1.40 bits per heavy atom. The molecule has 1 aliphatic heterocycles. The average molecular weight is 212 g/mol. The molecule has 0 amide bonds. The number of rotatable bonds is 4. The Morgan fingerprint density at radius 3 is 2.73 bits per heavy atom. The summed E-state index contributed by atoms with van der Waals surface area (Å²) in [7, 11) is 2.23. The van der Waals surface area contributed by atoms with Gasteiger partial charge in [0.05, 0.1) is 6.61 Å². The molecule has 15 heavy (non-hydrogen) atoms. The van der Waals surface area contributed by atoms with Crippen LogP contribution in [0.5, 0.6) is 0 Å². The van der Waals surface area contributed by atoms with E-state index in [4.69, 9.17) is 10.5 Å². The first-order valence-corrected chi connectivity index (χ1v) is 6.22. The molecule has 1 aliphatic carbocycles. The second-order valence-electron chi connectivity index (χ2n) is 5.31. The minimum atomic E-state index is 0.340. The smallest absolute Gasteiger partial charge is 0.0521 e. The predicted octanol–water partition coefficient (Wildman–Crippen LogP) is 1.08. The molecule has 3 atom stereocenters. The van der Waals surface area contributed by atoms with Gasteiger partial charge < -0.3 is 15.4 Å². The summed E-state index contributed by atoms with van der Waals surface area (Å²) >= 11 is 0. The maximum atomic E-state index is 6.11. The van der Waals surface area contributed by atoms with Crippen molar-refractivity contribution >= 4 is 0 Å². The Kier molecular flexibility index (Phi) is 3.65. The molecule has 0 radical (unpaired) electrons. The van der Waals surface area contributed by atoms with Crippen molar-refractivity contribution < 1.29 is 4.74 Å². The molecule has 2 aliphatic rings. The number of hydrogen-bond acceptors (Lipinski definition) is 3. The van der Waals surface area contributed by atoms with Crippen LogP contribution in [-0.4, -0.2) is 43.8 Å². The lowest BCUT2D eigenvalue weighted by Gasteiger charge is -2.34. The van der Waals surface area contributed by atoms with Gasteiger partial charge >= 0.3 is 0 Å². The van der Waals surface area contributed by atoms with Gasteiger partial charge in [-0.15, -0.1) is 0 Å². The Bertz CT molecular complexity index is 206. The van der Waals surface area contributed by atoms with Crippen molar-refractivity contribution in [2.24, 2.45) is 17.6 Å². The van der Waals surface area contributed by atoms with Crippen LogP contribution < -0.4 is 5.73 Å². The van der Waals surface area contributed by atoms with Crippen LogP contribution >= 0.6 is 0 Å². The zero-order valence-electron chi connectivity index (χ0n) is 9.98. The van der Waals surface area contributed by atoms with Gasteiger partial charge in [-0.05, 0) is 39.2 Å². The summed E-state index contributed by atoms with van der Waals surface area (Å²) in [6, 6.07) is 1.06. The molecule has 0 spiro atoms. The third-order valence-corrected chi connectivity index (χ3v) is 4.05. The quantitative estimate of drug-likeness (QED) is 0.758. The van der Waals surface area contributed by atoms with Gasteiger partial charge in [-0.25, -0.2) is 0 Å². The molecule has 1 saturated carbocycles. The molecule has 1 saturated heterocycles. The highest BCUT2D eigenvalue weighted by Gasteiger charge is 2.32. The van der Waals surface area contributed by atoms with E-state index in [9.17, 15) is 0 Å². The number of nitrogens with zero attached hydrogens (tertiary/aromatic N) is 1. The highest BCUT2D eigenvalue weighted by atomic mass is 16.5. The SMILES string of the molecule is CC(C1CC1)N(C)CC1COCCC1N. The average Bonchev–Trinajstić information content (AvgIpc) is 3.04. The van der Waals surface area contributed by atoms with Crippen LogP contribution in [0.15, 0.2) is 0 Å². The maximum Gasteiger partial charge on any atom is 0.0521 e. The molecule has 2 rings (SSSR count). The van der Waals surface area contributed by atoms with Gasteiger partial charge in [0.15, 0.2) is 0 Å². The molecule has 88 valence electrons. The first-order chi connectivity index (χ1) is 7.18. The van der Waals surface area contributed by atoms with Gasteiger partial charge in [0.2, 0.25) is 0 Å². The van der Waals surface area contributed by atoms with Crippen LogP contribution in [-0.2, 0) is 4.74 Å². The molecule has 0 bridgehead atoms. The number of ether oxygens (including phenoxy) is 1. The van der Waals surface area contributed by atoms with E-state index in [2.05, 4.69) is 18.9 Å². The minimum absolute atomic E-state index is 0.340. The van der Waals surface area contributed by atoms with E-state index >= 15 is 0 Å². The van der Waals surface area contributed by atoms with E-state index in [-0.39, 0.29) is 0 Å². The standard InChI is InChI=1S/C12H24N2O/c1-9(10-3-4-10)14(2)7-11-8-15-6-5-12(11)13/h9-12H,3-8,13H2,1-2H3. The molecule has 3 nitrogen and oxygen atoms in total. The van der Waals surface area contributed by atoms with Crippen LogP contribution in [0.4, 0.5) is 0 Å². The molecule has 1 heterocycles. The van der Waals surface area contributed by atoms with Crippen molar-refractivity contribution in [3.63, 3.8) is 0 Å². The van der Waals surface area contributed by atoms with Crippen LogP contribution in [0.25, 0.3) is 0 Å². The number of hydrogen-bond donors (Lipinski definition) is 1. The van der Waals surface area contributed by atoms with Crippen molar-refractivity contribution in [3.8, 4) is 0 Å². The largest absolute Gasteiger partial charge is 0.381 e. The van der Waals surface area contributed by atoms with Gasteiger partial charge in [-0.1, -0.05) is 0 Å². The zero-order valence-corrected chi connectivity index (χ0v) is 9.98. The first kappa shape index (κ1) is 11.4. The van der Waals surface area contributed by atoms with Gasteiger partial charge in [0.1, 0.15) is 0 Å².